The van der Waals surface area contributed by atoms with Crippen molar-refractivity contribution in [3.63, 3.8) is 0 Å². The van der Waals surface area contributed by atoms with Gasteiger partial charge in [-0.2, -0.15) is 0 Å². The van der Waals surface area contributed by atoms with E-state index in [9.17, 15) is 8.42 Å². The fourth-order valence-electron chi connectivity index (χ4n) is 1.03. The maximum atomic E-state index is 11.5. The molecule has 0 atom stereocenters. The van der Waals surface area contributed by atoms with Crippen molar-refractivity contribution in [2.45, 2.75) is 33.6 Å². The summed E-state index contributed by atoms with van der Waals surface area (Å²) in [5.41, 5.74) is 0.883. The summed E-state index contributed by atoms with van der Waals surface area (Å²) in [6.45, 7) is 5.76. The number of rotatable bonds is 5. The average molecular weight is 248 g/mol. The van der Waals surface area contributed by atoms with Crippen LogP contribution in [0.4, 0.5) is 5.13 Å². The molecule has 4 nitrogen and oxygen atoms in total. The van der Waals surface area contributed by atoms with Gasteiger partial charge in [0.25, 0.3) is 0 Å². The second-order valence-electron chi connectivity index (χ2n) is 3.44. The second kappa shape index (κ2) is 4.94. The Morgan fingerprint density at radius 2 is 2.07 bits per heavy atom. The summed E-state index contributed by atoms with van der Waals surface area (Å²) in [5.74, 6) is 0.168. The second-order valence-corrected chi connectivity index (χ2v) is 6.48. The summed E-state index contributed by atoms with van der Waals surface area (Å²) in [5, 5.41) is 0.473. The molecule has 0 aliphatic rings. The van der Waals surface area contributed by atoms with E-state index in [4.69, 9.17) is 0 Å². The van der Waals surface area contributed by atoms with Crippen molar-refractivity contribution in [3.05, 3.63) is 10.6 Å². The molecule has 0 aliphatic heterocycles. The standard InChI is InChI=1S/C9H16N2O2S2/c1-4-5-6-15(12,13)11-9-10-7(2)8(3)14-9/h4-6H2,1-3H3,(H,10,11). The Morgan fingerprint density at radius 3 is 2.53 bits per heavy atom. The molecule has 1 rings (SSSR count). The lowest BCUT2D eigenvalue weighted by Crippen LogP contribution is -2.16. The van der Waals surface area contributed by atoms with E-state index in [1.54, 1.807) is 0 Å². The molecule has 0 amide bonds. The molecule has 1 heterocycles. The molecule has 0 spiro atoms. The number of hydrogen-bond acceptors (Lipinski definition) is 4. The zero-order valence-electron chi connectivity index (χ0n) is 9.20. The van der Waals surface area contributed by atoms with Gasteiger partial charge in [-0.3, -0.25) is 4.72 Å². The van der Waals surface area contributed by atoms with Crippen molar-refractivity contribution in [1.82, 2.24) is 4.98 Å². The Morgan fingerprint density at radius 1 is 1.40 bits per heavy atom. The number of nitrogens with zero attached hydrogens (tertiary/aromatic N) is 1. The van der Waals surface area contributed by atoms with Crippen LogP contribution in [0, 0.1) is 13.8 Å². The lowest BCUT2D eigenvalue weighted by atomic mass is 10.4. The summed E-state index contributed by atoms with van der Waals surface area (Å²) in [6, 6.07) is 0. The lowest BCUT2D eigenvalue weighted by molar-refractivity contribution is 0.598. The highest BCUT2D eigenvalue weighted by molar-refractivity contribution is 7.92. The molecule has 6 heteroatoms. The van der Waals surface area contributed by atoms with Gasteiger partial charge in [0.15, 0.2) is 5.13 Å². The summed E-state index contributed by atoms with van der Waals surface area (Å²) < 4.78 is 25.6. The van der Waals surface area contributed by atoms with Crippen LogP contribution >= 0.6 is 11.3 Å². The molecular formula is C9H16N2O2S2. The Hall–Kier alpha value is -0.620. The van der Waals surface area contributed by atoms with Gasteiger partial charge in [0.2, 0.25) is 10.0 Å². The molecule has 15 heavy (non-hydrogen) atoms. The van der Waals surface area contributed by atoms with Crippen molar-refractivity contribution < 1.29 is 8.42 Å². The van der Waals surface area contributed by atoms with Crippen LogP contribution in [0.3, 0.4) is 0 Å². The quantitative estimate of drug-likeness (QED) is 0.869. The third-order valence-corrected chi connectivity index (χ3v) is 4.49. The Balaban J connectivity index is 2.69. The fraction of sp³-hybridized carbons (Fsp3) is 0.667. The molecule has 1 aromatic heterocycles. The number of aromatic nitrogens is 1. The first-order chi connectivity index (χ1) is 6.94. The van der Waals surface area contributed by atoms with E-state index in [1.165, 1.54) is 11.3 Å². The van der Waals surface area contributed by atoms with Crippen LogP contribution < -0.4 is 4.72 Å². The molecule has 0 saturated carbocycles. The van der Waals surface area contributed by atoms with Gasteiger partial charge in [-0.25, -0.2) is 13.4 Å². The SMILES string of the molecule is CCCCS(=O)(=O)Nc1nc(C)c(C)s1. The smallest absolute Gasteiger partial charge is 0.234 e. The number of aryl methyl sites for hydroxylation is 2. The molecule has 0 bridgehead atoms. The van der Waals surface area contributed by atoms with Gasteiger partial charge in [0.05, 0.1) is 11.4 Å². The van der Waals surface area contributed by atoms with Crippen molar-refractivity contribution >= 4 is 26.5 Å². The van der Waals surface area contributed by atoms with Crippen LogP contribution in [0.25, 0.3) is 0 Å². The fourth-order valence-corrected chi connectivity index (χ4v) is 3.33. The van der Waals surface area contributed by atoms with E-state index in [0.29, 0.717) is 11.6 Å². The minimum atomic E-state index is -3.20. The first-order valence-corrected chi connectivity index (χ1v) is 7.36. The van der Waals surface area contributed by atoms with E-state index in [2.05, 4.69) is 9.71 Å². The Kier molecular flexibility index (Phi) is 4.10. The zero-order chi connectivity index (χ0) is 11.5. The molecule has 0 aromatic carbocycles. The van der Waals surface area contributed by atoms with Gasteiger partial charge in [0, 0.05) is 4.88 Å². The maximum Gasteiger partial charge on any atom is 0.234 e. The highest BCUT2D eigenvalue weighted by atomic mass is 32.2. The summed E-state index contributed by atoms with van der Waals surface area (Å²) >= 11 is 1.37. The third-order valence-electron chi connectivity index (χ3n) is 2.04. The summed E-state index contributed by atoms with van der Waals surface area (Å²) in [6.07, 6.45) is 1.55. The molecule has 0 saturated heterocycles. The molecule has 0 unspecified atom stereocenters. The number of thiazole rings is 1. The summed E-state index contributed by atoms with van der Waals surface area (Å²) in [4.78, 5) is 5.18. The van der Waals surface area contributed by atoms with Gasteiger partial charge in [-0.15, -0.1) is 11.3 Å². The zero-order valence-corrected chi connectivity index (χ0v) is 10.8. The lowest BCUT2D eigenvalue weighted by Gasteiger charge is -2.03. The largest absolute Gasteiger partial charge is 0.259 e. The number of anilines is 1. The van der Waals surface area contributed by atoms with E-state index in [1.807, 2.05) is 20.8 Å². The molecule has 1 aromatic rings. The molecule has 1 N–H and O–H groups in total. The monoisotopic (exact) mass is 248 g/mol. The average Bonchev–Trinajstić information content (AvgIpc) is 2.41. The van der Waals surface area contributed by atoms with E-state index >= 15 is 0 Å². The minimum Gasteiger partial charge on any atom is -0.259 e. The van der Waals surface area contributed by atoms with E-state index in [0.717, 1.165) is 17.0 Å². The first kappa shape index (κ1) is 12.4. The van der Waals surface area contributed by atoms with Crippen LogP contribution in [0.15, 0.2) is 0 Å². The van der Waals surface area contributed by atoms with Crippen LogP contribution in [-0.2, 0) is 10.0 Å². The number of nitrogens with one attached hydrogen (secondary N) is 1. The van der Waals surface area contributed by atoms with Crippen LogP contribution in [0.5, 0.6) is 0 Å². The summed E-state index contributed by atoms with van der Waals surface area (Å²) in [7, 11) is -3.20. The first-order valence-electron chi connectivity index (χ1n) is 4.89. The van der Waals surface area contributed by atoms with Crippen LogP contribution in [0.2, 0.25) is 0 Å². The normalized spacial score (nSPS) is 11.7. The highest BCUT2D eigenvalue weighted by Crippen LogP contribution is 2.22. The number of sulfonamides is 1. The van der Waals surface area contributed by atoms with E-state index in [-0.39, 0.29) is 5.75 Å². The molecule has 0 aliphatic carbocycles. The van der Waals surface area contributed by atoms with Crippen molar-refractivity contribution in [2.24, 2.45) is 0 Å². The molecule has 86 valence electrons. The molecular weight excluding hydrogens is 232 g/mol. The van der Waals surface area contributed by atoms with Gasteiger partial charge in [-0.1, -0.05) is 13.3 Å². The van der Waals surface area contributed by atoms with Crippen molar-refractivity contribution in [3.8, 4) is 0 Å². The predicted molar refractivity (Wildman–Crippen MR) is 63.9 cm³/mol. The van der Waals surface area contributed by atoms with Crippen molar-refractivity contribution in [2.75, 3.05) is 10.5 Å². The van der Waals surface area contributed by atoms with Crippen LogP contribution in [0.1, 0.15) is 30.3 Å². The minimum absolute atomic E-state index is 0.168. The van der Waals surface area contributed by atoms with Gasteiger partial charge >= 0.3 is 0 Å². The topological polar surface area (TPSA) is 59.1 Å². The molecule has 0 radical (unpaired) electrons. The number of unbranched alkanes of at least 4 members (excludes halogenated alkanes) is 1. The van der Waals surface area contributed by atoms with Gasteiger partial charge in [0.1, 0.15) is 0 Å². The van der Waals surface area contributed by atoms with Gasteiger partial charge < -0.3 is 0 Å². The van der Waals surface area contributed by atoms with Crippen molar-refractivity contribution in [1.29, 1.82) is 0 Å². The van der Waals surface area contributed by atoms with E-state index < -0.39 is 10.0 Å². The Labute approximate surface area is 94.8 Å². The third kappa shape index (κ3) is 3.79. The van der Waals surface area contributed by atoms with Crippen LogP contribution in [-0.4, -0.2) is 19.2 Å². The van der Waals surface area contributed by atoms with Gasteiger partial charge in [-0.05, 0) is 20.3 Å². The molecule has 0 fully saturated rings. The number of hydrogen-bond donors (Lipinski definition) is 1. The maximum absolute atomic E-state index is 11.5. The highest BCUT2D eigenvalue weighted by Gasteiger charge is 2.12. The predicted octanol–water partition coefficient (Wildman–Crippen LogP) is 2.30. The Bertz CT molecular complexity index is 404.